The molecule has 3 aromatic heterocycles. The molecule has 150 valence electrons. The number of aryl methyl sites for hydroxylation is 1. The van der Waals surface area contributed by atoms with E-state index < -0.39 is 0 Å². The number of H-pyrrole nitrogens is 1. The predicted molar refractivity (Wildman–Crippen MR) is 114 cm³/mol. The van der Waals surface area contributed by atoms with Crippen LogP contribution < -0.4 is 5.32 Å². The first-order valence-corrected chi connectivity index (χ1v) is 9.41. The number of benzene rings is 1. The zero-order valence-corrected chi connectivity index (χ0v) is 16.6. The maximum Gasteiger partial charge on any atom is 0.154 e. The first-order chi connectivity index (χ1) is 14.6. The predicted octanol–water partition coefficient (Wildman–Crippen LogP) is 4.10. The highest BCUT2D eigenvalue weighted by Gasteiger charge is 2.21. The molecule has 0 fully saturated rings. The lowest BCUT2D eigenvalue weighted by Crippen LogP contribution is -2.29. The summed E-state index contributed by atoms with van der Waals surface area (Å²) in [5.41, 5.74) is 4.52. The highest BCUT2D eigenvalue weighted by molar-refractivity contribution is 5.98. The summed E-state index contributed by atoms with van der Waals surface area (Å²) >= 11 is 0. The summed E-state index contributed by atoms with van der Waals surface area (Å²) in [6.07, 6.45) is 4.75. The van der Waals surface area contributed by atoms with Crippen molar-refractivity contribution in [1.29, 1.82) is 0 Å². The van der Waals surface area contributed by atoms with Crippen LogP contribution in [-0.4, -0.2) is 30.8 Å². The second kappa shape index (κ2) is 8.20. The highest BCUT2D eigenvalue weighted by atomic mass is 19.1. The van der Waals surface area contributed by atoms with Crippen molar-refractivity contribution >= 4 is 16.9 Å². The summed E-state index contributed by atoms with van der Waals surface area (Å²) in [6.45, 7) is 7.56. The molecular formula is C22H20FN7. The fraction of sp³-hybridized carbons (Fsp3) is 0.136. The molecule has 0 aliphatic heterocycles. The van der Waals surface area contributed by atoms with Gasteiger partial charge in [0.15, 0.2) is 5.84 Å². The Morgan fingerprint density at radius 2 is 2.07 bits per heavy atom. The van der Waals surface area contributed by atoms with Crippen molar-refractivity contribution in [2.75, 3.05) is 0 Å². The van der Waals surface area contributed by atoms with Gasteiger partial charge in [-0.2, -0.15) is 0 Å². The van der Waals surface area contributed by atoms with Gasteiger partial charge >= 0.3 is 0 Å². The molecule has 7 nitrogen and oxygen atoms in total. The minimum Gasteiger partial charge on any atom is -0.360 e. The molecule has 0 radical (unpaired) electrons. The summed E-state index contributed by atoms with van der Waals surface area (Å²) in [6, 6.07) is 9.62. The van der Waals surface area contributed by atoms with Crippen molar-refractivity contribution in [3.8, 4) is 11.4 Å². The maximum atomic E-state index is 13.8. The number of amidine groups is 1. The van der Waals surface area contributed by atoms with Crippen LogP contribution >= 0.6 is 0 Å². The minimum atomic E-state index is -0.364. The molecule has 0 amide bonds. The molecule has 30 heavy (non-hydrogen) atoms. The number of rotatable bonds is 5. The Morgan fingerprint density at radius 1 is 1.20 bits per heavy atom. The van der Waals surface area contributed by atoms with Crippen molar-refractivity contribution in [1.82, 2.24) is 30.2 Å². The largest absolute Gasteiger partial charge is 0.360 e. The fourth-order valence-electron chi connectivity index (χ4n) is 3.16. The molecule has 4 aromatic rings. The number of aliphatic imine (C=N–C) groups is 1. The molecule has 0 saturated carbocycles. The Labute approximate surface area is 172 Å². The summed E-state index contributed by atoms with van der Waals surface area (Å²) < 4.78 is 13.8. The number of hydrogen-bond donors (Lipinski definition) is 2. The standard InChI is InChI=1S/C22H20FN7/c1-4-24-22(20-13(2)26-12-27-20)28-14(3)19-21(17-7-5-6-10-25-17)30-18-11-15(23)8-9-16(18)29-19/h4-12,14H,1H2,2-3H3,(H,24,28)(H,26,27)/t14-/m0/s1. The Morgan fingerprint density at radius 3 is 2.77 bits per heavy atom. The fourth-order valence-corrected chi connectivity index (χ4v) is 3.16. The SMILES string of the molecule is C=C/N=C(/N[C@@H](C)c1nc2ccc(F)cc2nc1-c1ccccn1)c1nc[nH]c1C. The van der Waals surface area contributed by atoms with Gasteiger partial charge in [-0.05, 0) is 38.1 Å². The second-order valence-corrected chi connectivity index (χ2v) is 6.71. The Bertz CT molecular complexity index is 1230. The number of aromatic nitrogens is 5. The Kier molecular flexibility index (Phi) is 5.30. The molecule has 0 bridgehead atoms. The third-order valence-corrected chi connectivity index (χ3v) is 4.60. The summed E-state index contributed by atoms with van der Waals surface area (Å²) in [7, 11) is 0. The van der Waals surface area contributed by atoms with Gasteiger partial charge in [0.25, 0.3) is 0 Å². The lowest BCUT2D eigenvalue weighted by atomic mass is 10.1. The van der Waals surface area contributed by atoms with Gasteiger partial charge in [-0.1, -0.05) is 12.6 Å². The first-order valence-electron chi connectivity index (χ1n) is 9.41. The van der Waals surface area contributed by atoms with Gasteiger partial charge in [0, 0.05) is 24.2 Å². The number of pyridine rings is 1. The lowest BCUT2D eigenvalue weighted by molar-refractivity contribution is 0.629. The molecule has 0 saturated heterocycles. The van der Waals surface area contributed by atoms with Gasteiger partial charge in [-0.25, -0.2) is 24.3 Å². The number of nitrogens with one attached hydrogen (secondary N) is 2. The molecule has 0 spiro atoms. The zero-order valence-electron chi connectivity index (χ0n) is 16.6. The first kappa shape index (κ1) is 19.4. The van der Waals surface area contributed by atoms with Crippen LogP contribution in [0.5, 0.6) is 0 Å². The van der Waals surface area contributed by atoms with Crippen LogP contribution in [0.1, 0.15) is 30.0 Å². The van der Waals surface area contributed by atoms with Gasteiger partial charge < -0.3 is 10.3 Å². The Balaban J connectivity index is 1.82. The van der Waals surface area contributed by atoms with Crippen molar-refractivity contribution in [3.05, 3.63) is 84.6 Å². The van der Waals surface area contributed by atoms with E-state index in [0.717, 1.165) is 5.69 Å². The van der Waals surface area contributed by atoms with Gasteiger partial charge in [-0.15, -0.1) is 0 Å². The Hall–Kier alpha value is -3.94. The van der Waals surface area contributed by atoms with Gasteiger partial charge in [0.1, 0.15) is 17.2 Å². The monoisotopic (exact) mass is 401 g/mol. The summed E-state index contributed by atoms with van der Waals surface area (Å²) in [5.74, 6) is 0.196. The molecule has 0 aliphatic rings. The van der Waals surface area contributed by atoms with Crippen molar-refractivity contribution in [2.24, 2.45) is 4.99 Å². The van der Waals surface area contributed by atoms with Crippen LogP contribution in [0.25, 0.3) is 22.4 Å². The van der Waals surface area contributed by atoms with Crippen LogP contribution in [0.15, 0.2) is 66.7 Å². The average Bonchev–Trinajstić information content (AvgIpc) is 3.18. The van der Waals surface area contributed by atoms with E-state index in [2.05, 4.69) is 36.8 Å². The summed E-state index contributed by atoms with van der Waals surface area (Å²) in [5, 5.41) is 3.36. The van der Waals surface area contributed by atoms with Crippen molar-refractivity contribution < 1.29 is 4.39 Å². The molecular weight excluding hydrogens is 381 g/mol. The van der Waals surface area contributed by atoms with Crippen LogP contribution in [0.3, 0.4) is 0 Å². The van der Waals surface area contributed by atoms with Crippen LogP contribution in [0, 0.1) is 12.7 Å². The summed E-state index contributed by atoms with van der Waals surface area (Å²) in [4.78, 5) is 25.6. The number of halogens is 1. The molecule has 3 heterocycles. The van der Waals surface area contributed by atoms with Gasteiger partial charge in [0.05, 0.1) is 34.8 Å². The molecule has 8 heteroatoms. The number of aromatic amines is 1. The molecule has 1 aromatic carbocycles. The van der Waals surface area contributed by atoms with E-state index >= 15 is 0 Å². The van der Waals surface area contributed by atoms with E-state index in [-0.39, 0.29) is 11.9 Å². The lowest BCUT2D eigenvalue weighted by Gasteiger charge is -2.19. The van der Waals surface area contributed by atoms with Crippen LogP contribution in [0.4, 0.5) is 4.39 Å². The van der Waals surface area contributed by atoms with Gasteiger partial charge in [0.2, 0.25) is 0 Å². The smallest absolute Gasteiger partial charge is 0.154 e. The quantitative estimate of drug-likeness (QED) is 0.388. The normalized spacial score (nSPS) is 12.7. The average molecular weight is 401 g/mol. The molecule has 4 rings (SSSR count). The number of imidazole rings is 1. The van der Waals surface area contributed by atoms with E-state index in [1.165, 1.54) is 18.3 Å². The highest BCUT2D eigenvalue weighted by Crippen LogP contribution is 2.27. The molecule has 0 aliphatic carbocycles. The van der Waals surface area contributed by atoms with E-state index in [1.54, 1.807) is 18.6 Å². The molecule has 0 unspecified atom stereocenters. The third kappa shape index (κ3) is 3.80. The molecule has 1 atom stereocenters. The van der Waals surface area contributed by atoms with E-state index in [1.807, 2.05) is 32.0 Å². The number of nitrogens with zero attached hydrogens (tertiary/aromatic N) is 5. The van der Waals surface area contributed by atoms with Crippen molar-refractivity contribution in [2.45, 2.75) is 19.9 Å². The third-order valence-electron chi connectivity index (χ3n) is 4.60. The van der Waals surface area contributed by atoms with Crippen LogP contribution in [-0.2, 0) is 0 Å². The maximum absolute atomic E-state index is 13.8. The van der Waals surface area contributed by atoms with E-state index in [4.69, 9.17) is 4.98 Å². The molecule has 2 N–H and O–H groups in total. The van der Waals surface area contributed by atoms with Crippen LogP contribution in [0.2, 0.25) is 0 Å². The number of hydrogen-bond acceptors (Lipinski definition) is 5. The van der Waals surface area contributed by atoms with Gasteiger partial charge in [-0.3, -0.25) is 4.98 Å². The topological polar surface area (TPSA) is 91.7 Å². The van der Waals surface area contributed by atoms with Crippen molar-refractivity contribution in [3.63, 3.8) is 0 Å². The minimum absolute atomic E-state index is 0.293. The van der Waals surface area contributed by atoms with E-state index in [0.29, 0.717) is 39.6 Å². The van der Waals surface area contributed by atoms with E-state index in [9.17, 15) is 4.39 Å². The zero-order chi connectivity index (χ0) is 21.1. The second-order valence-electron chi connectivity index (χ2n) is 6.71. The number of fused-ring (bicyclic) bond motifs is 1.